The molecule has 1 aliphatic carbocycles. The average molecular weight is 341 g/mol. The SMILES string of the molecule is N#Cc1c(O)cccc1-c1nc(-c2ccc3[nH]c4c(c3c2)CC[CH]4)no1. The van der Waals surface area contributed by atoms with E-state index in [4.69, 9.17) is 4.52 Å². The lowest BCUT2D eigenvalue weighted by Gasteiger charge is -2.00. The minimum absolute atomic E-state index is 0.106. The van der Waals surface area contributed by atoms with Gasteiger partial charge in [0, 0.05) is 28.6 Å². The Hall–Kier alpha value is -3.59. The average Bonchev–Trinajstić information content (AvgIpc) is 3.37. The van der Waals surface area contributed by atoms with Crippen LogP contribution >= 0.6 is 0 Å². The molecule has 5 rings (SSSR count). The van der Waals surface area contributed by atoms with Gasteiger partial charge in [-0.05, 0) is 48.7 Å². The molecule has 2 aromatic heterocycles. The summed E-state index contributed by atoms with van der Waals surface area (Å²) >= 11 is 0. The number of benzene rings is 2. The second-order valence-corrected chi connectivity index (χ2v) is 6.26. The van der Waals surface area contributed by atoms with Gasteiger partial charge in [0.15, 0.2) is 0 Å². The highest BCUT2D eigenvalue weighted by Gasteiger charge is 2.20. The first-order valence-electron chi connectivity index (χ1n) is 8.29. The number of phenols is 1. The summed E-state index contributed by atoms with van der Waals surface area (Å²) in [6.45, 7) is 0. The molecule has 0 fully saturated rings. The van der Waals surface area contributed by atoms with Crippen LogP contribution in [-0.4, -0.2) is 20.2 Å². The normalized spacial score (nSPS) is 13.0. The Labute approximate surface area is 148 Å². The Kier molecular flexibility index (Phi) is 3.09. The van der Waals surface area contributed by atoms with Crippen LogP contribution in [0.15, 0.2) is 40.9 Å². The van der Waals surface area contributed by atoms with Crippen LogP contribution in [0, 0.1) is 17.8 Å². The van der Waals surface area contributed by atoms with Crippen molar-refractivity contribution >= 4 is 10.9 Å². The topological polar surface area (TPSA) is 98.7 Å². The van der Waals surface area contributed by atoms with Gasteiger partial charge in [0.1, 0.15) is 17.4 Å². The van der Waals surface area contributed by atoms with Gasteiger partial charge < -0.3 is 14.6 Å². The monoisotopic (exact) mass is 341 g/mol. The second-order valence-electron chi connectivity index (χ2n) is 6.26. The van der Waals surface area contributed by atoms with Gasteiger partial charge in [-0.3, -0.25) is 0 Å². The maximum Gasteiger partial charge on any atom is 0.259 e. The minimum atomic E-state index is -0.106. The first kappa shape index (κ1) is 14.7. The molecule has 0 atom stereocenters. The van der Waals surface area contributed by atoms with Crippen molar-refractivity contribution in [3.05, 3.63) is 59.6 Å². The Morgan fingerprint density at radius 2 is 2.15 bits per heavy atom. The quantitative estimate of drug-likeness (QED) is 0.575. The summed E-state index contributed by atoms with van der Waals surface area (Å²) in [5, 5.41) is 24.3. The van der Waals surface area contributed by atoms with Crippen LogP contribution < -0.4 is 0 Å². The standard InChI is InChI=1S/C20H13N4O2/c21-10-15-13(4-2-6-18(15)25)20-23-19(24-26-20)11-7-8-17-14(9-11)12-3-1-5-16(12)22-17/h2,4-9,22,25H,1,3H2. The zero-order valence-corrected chi connectivity index (χ0v) is 13.7. The second kappa shape index (κ2) is 5.46. The fourth-order valence-electron chi connectivity index (χ4n) is 3.50. The smallest absolute Gasteiger partial charge is 0.259 e. The van der Waals surface area contributed by atoms with E-state index < -0.39 is 0 Å². The van der Waals surface area contributed by atoms with E-state index in [0.717, 1.165) is 23.9 Å². The number of nitrogens with one attached hydrogen (secondary N) is 1. The highest BCUT2D eigenvalue weighted by Crippen LogP contribution is 2.34. The van der Waals surface area contributed by atoms with Gasteiger partial charge in [-0.15, -0.1) is 0 Å². The zero-order chi connectivity index (χ0) is 17.7. The molecule has 0 unspecified atom stereocenters. The maximum absolute atomic E-state index is 9.84. The van der Waals surface area contributed by atoms with Crippen molar-refractivity contribution in [1.29, 1.82) is 5.26 Å². The number of hydrogen-bond acceptors (Lipinski definition) is 5. The van der Waals surface area contributed by atoms with Crippen LogP contribution in [0.5, 0.6) is 5.75 Å². The molecule has 4 aromatic rings. The number of H-pyrrole nitrogens is 1. The fraction of sp³-hybridized carbons (Fsp3) is 0.100. The molecule has 0 saturated heterocycles. The molecule has 0 amide bonds. The highest BCUT2D eigenvalue weighted by atomic mass is 16.5. The largest absolute Gasteiger partial charge is 0.507 e. The van der Waals surface area contributed by atoms with E-state index in [1.807, 2.05) is 18.2 Å². The molecule has 1 radical (unpaired) electrons. The van der Waals surface area contributed by atoms with E-state index >= 15 is 0 Å². The lowest BCUT2D eigenvalue weighted by Crippen LogP contribution is -1.86. The summed E-state index contributed by atoms with van der Waals surface area (Å²) in [7, 11) is 0. The number of aromatic nitrogens is 3. The van der Waals surface area contributed by atoms with Gasteiger partial charge in [-0.1, -0.05) is 11.2 Å². The molecule has 2 N–H and O–H groups in total. The molecular weight excluding hydrogens is 328 g/mol. The molecule has 2 heterocycles. The van der Waals surface area contributed by atoms with Crippen molar-refractivity contribution in [2.24, 2.45) is 0 Å². The molecular formula is C20H13N4O2. The van der Waals surface area contributed by atoms with E-state index in [9.17, 15) is 10.4 Å². The molecule has 125 valence electrons. The number of rotatable bonds is 2. The molecule has 0 spiro atoms. The number of phenolic OH excluding ortho intramolecular Hbond substituents is 1. The summed E-state index contributed by atoms with van der Waals surface area (Å²) in [4.78, 5) is 7.85. The van der Waals surface area contributed by atoms with Crippen molar-refractivity contribution in [3.63, 3.8) is 0 Å². The predicted molar refractivity (Wildman–Crippen MR) is 95.1 cm³/mol. The van der Waals surface area contributed by atoms with E-state index in [-0.39, 0.29) is 17.2 Å². The van der Waals surface area contributed by atoms with Gasteiger partial charge in [-0.25, -0.2) is 0 Å². The summed E-state index contributed by atoms with van der Waals surface area (Å²) in [5.41, 5.74) is 5.01. The zero-order valence-electron chi connectivity index (χ0n) is 13.7. The minimum Gasteiger partial charge on any atom is -0.507 e. The number of aromatic amines is 1. The third kappa shape index (κ3) is 2.11. The van der Waals surface area contributed by atoms with Crippen LogP contribution in [0.1, 0.15) is 23.2 Å². The lowest BCUT2D eigenvalue weighted by atomic mass is 10.1. The van der Waals surface area contributed by atoms with Crippen LogP contribution in [-0.2, 0) is 6.42 Å². The summed E-state index contributed by atoms with van der Waals surface area (Å²) in [5.74, 6) is 0.552. The van der Waals surface area contributed by atoms with Gasteiger partial charge in [-0.2, -0.15) is 10.2 Å². The number of fused-ring (bicyclic) bond motifs is 3. The molecule has 6 heteroatoms. The third-order valence-corrected chi connectivity index (χ3v) is 4.75. The summed E-state index contributed by atoms with van der Waals surface area (Å²) < 4.78 is 5.35. The van der Waals surface area contributed by atoms with Gasteiger partial charge >= 0.3 is 0 Å². The maximum atomic E-state index is 9.84. The molecule has 0 aliphatic heterocycles. The summed E-state index contributed by atoms with van der Waals surface area (Å²) in [6, 6.07) is 12.8. The van der Waals surface area contributed by atoms with Gasteiger partial charge in [0.25, 0.3) is 5.89 Å². The van der Waals surface area contributed by atoms with E-state index in [2.05, 4.69) is 27.6 Å². The van der Waals surface area contributed by atoms with Crippen molar-refractivity contribution in [1.82, 2.24) is 15.1 Å². The number of nitriles is 1. The van der Waals surface area contributed by atoms with Crippen molar-refractivity contribution in [2.75, 3.05) is 0 Å². The Morgan fingerprint density at radius 1 is 1.23 bits per heavy atom. The van der Waals surface area contributed by atoms with E-state index in [1.54, 1.807) is 12.1 Å². The predicted octanol–water partition coefficient (Wildman–Crippen LogP) is 3.96. The van der Waals surface area contributed by atoms with Crippen molar-refractivity contribution < 1.29 is 9.63 Å². The molecule has 26 heavy (non-hydrogen) atoms. The highest BCUT2D eigenvalue weighted by molar-refractivity contribution is 5.89. The first-order valence-corrected chi connectivity index (χ1v) is 8.29. The summed E-state index contributed by atoms with van der Waals surface area (Å²) in [6.07, 6.45) is 4.31. The van der Waals surface area contributed by atoms with Crippen LogP contribution in [0.4, 0.5) is 0 Å². The van der Waals surface area contributed by atoms with Crippen LogP contribution in [0.3, 0.4) is 0 Å². The first-order chi connectivity index (χ1) is 12.7. The Balaban J connectivity index is 1.60. The molecule has 0 saturated carbocycles. The number of hydrogen-bond donors (Lipinski definition) is 2. The number of aromatic hydroxyl groups is 1. The van der Waals surface area contributed by atoms with E-state index in [1.165, 1.54) is 22.7 Å². The number of aryl methyl sites for hydroxylation is 1. The van der Waals surface area contributed by atoms with Gasteiger partial charge in [0.2, 0.25) is 5.82 Å². The van der Waals surface area contributed by atoms with Crippen molar-refractivity contribution in [2.45, 2.75) is 12.8 Å². The Bertz CT molecular complexity index is 1200. The number of nitrogens with zero attached hydrogens (tertiary/aromatic N) is 3. The Morgan fingerprint density at radius 3 is 3.04 bits per heavy atom. The fourth-order valence-corrected chi connectivity index (χ4v) is 3.50. The van der Waals surface area contributed by atoms with Crippen LogP contribution in [0.25, 0.3) is 33.7 Å². The van der Waals surface area contributed by atoms with Crippen LogP contribution in [0.2, 0.25) is 0 Å². The molecule has 2 aromatic carbocycles. The molecule has 0 bridgehead atoms. The van der Waals surface area contributed by atoms with Gasteiger partial charge in [0.05, 0.1) is 5.56 Å². The van der Waals surface area contributed by atoms with Crippen molar-refractivity contribution in [3.8, 4) is 34.7 Å². The molecule has 6 nitrogen and oxygen atoms in total. The van der Waals surface area contributed by atoms with E-state index in [0.29, 0.717) is 11.4 Å². The molecule has 1 aliphatic rings. The lowest BCUT2D eigenvalue weighted by molar-refractivity contribution is 0.431. The third-order valence-electron chi connectivity index (χ3n) is 4.75.